The molecule has 0 radical (unpaired) electrons. The van der Waals surface area contributed by atoms with Crippen LogP contribution in [0.2, 0.25) is 5.02 Å². The molecule has 4 heteroatoms. The summed E-state index contributed by atoms with van der Waals surface area (Å²) in [5.74, 6) is -0.0855. The number of carbonyl (C=O) groups excluding carboxylic acids is 1. The molecule has 0 aliphatic heterocycles. The minimum absolute atomic E-state index is 0.0855. The van der Waals surface area contributed by atoms with Gasteiger partial charge in [-0.3, -0.25) is 4.79 Å². The average molecular weight is 303 g/mol. The highest BCUT2D eigenvalue weighted by molar-refractivity contribution is 6.31. The Kier molecular flexibility index (Phi) is 5.37. The summed E-state index contributed by atoms with van der Waals surface area (Å²) < 4.78 is 0. The summed E-state index contributed by atoms with van der Waals surface area (Å²) in [7, 11) is 0. The van der Waals surface area contributed by atoms with Crippen molar-refractivity contribution >= 4 is 23.2 Å². The number of nitrogens with one attached hydrogen (secondary N) is 2. The molecular weight excluding hydrogens is 284 g/mol. The molecule has 0 aliphatic rings. The lowest BCUT2D eigenvalue weighted by molar-refractivity contribution is -0.115. The zero-order chi connectivity index (χ0) is 15.2. The molecule has 2 N–H and O–H groups in total. The van der Waals surface area contributed by atoms with Crippen molar-refractivity contribution in [1.82, 2.24) is 5.32 Å². The third-order valence-electron chi connectivity index (χ3n) is 3.32. The maximum absolute atomic E-state index is 11.9. The summed E-state index contributed by atoms with van der Waals surface area (Å²) in [6.45, 7) is 4.21. The molecule has 0 bridgehead atoms. The van der Waals surface area contributed by atoms with Crippen molar-refractivity contribution in [3.05, 3.63) is 64.7 Å². The molecule has 0 spiro atoms. The molecule has 2 aromatic carbocycles. The molecule has 2 aromatic rings. The number of rotatable bonds is 5. The molecular formula is C17H19ClN2O. The van der Waals surface area contributed by atoms with Gasteiger partial charge in [0, 0.05) is 16.8 Å². The summed E-state index contributed by atoms with van der Waals surface area (Å²) in [6, 6.07) is 15.6. The summed E-state index contributed by atoms with van der Waals surface area (Å²) in [5.41, 5.74) is 2.86. The number of hydrogen-bond donors (Lipinski definition) is 2. The van der Waals surface area contributed by atoms with Crippen LogP contribution in [0.1, 0.15) is 24.1 Å². The minimum Gasteiger partial charge on any atom is -0.325 e. The van der Waals surface area contributed by atoms with E-state index in [1.54, 1.807) is 6.07 Å². The van der Waals surface area contributed by atoms with E-state index in [9.17, 15) is 4.79 Å². The largest absolute Gasteiger partial charge is 0.325 e. The molecule has 0 aliphatic carbocycles. The summed E-state index contributed by atoms with van der Waals surface area (Å²) in [6.07, 6.45) is 0. The Morgan fingerprint density at radius 2 is 1.90 bits per heavy atom. The third kappa shape index (κ3) is 4.59. The Bertz CT molecular complexity index is 613. The lowest BCUT2D eigenvalue weighted by atomic mass is 10.1. The lowest BCUT2D eigenvalue weighted by Gasteiger charge is -2.14. The fourth-order valence-electron chi connectivity index (χ4n) is 1.98. The first-order chi connectivity index (χ1) is 10.1. The monoisotopic (exact) mass is 302 g/mol. The summed E-state index contributed by atoms with van der Waals surface area (Å²) >= 11 is 6.04. The second-order valence-electron chi connectivity index (χ2n) is 5.03. The van der Waals surface area contributed by atoms with Gasteiger partial charge in [-0.15, -0.1) is 0 Å². The SMILES string of the molecule is Cc1ccc(NC(=O)CN[C@H](C)c2ccccc2)cc1Cl. The van der Waals surface area contributed by atoms with Gasteiger partial charge in [0.05, 0.1) is 6.54 Å². The average Bonchev–Trinajstić information content (AvgIpc) is 2.49. The maximum atomic E-state index is 11.9. The van der Waals surface area contributed by atoms with Crippen molar-refractivity contribution in [3.8, 4) is 0 Å². The molecule has 0 heterocycles. The van der Waals surface area contributed by atoms with Gasteiger partial charge >= 0.3 is 0 Å². The first-order valence-electron chi connectivity index (χ1n) is 6.90. The topological polar surface area (TPSA) is 41.1 Å². The normalized spacial score (nSPS) is 12.0. The minimum atomic E-state index is -0.0855. The predicted molar refractivity (Wildman–Crippen MR) is 87.7 cm³/mol. The van der Waals surface area contributed by atoms with Crippen molar-refractivity contribution in [3.63, 3.8) is 0 Å². The Labute approximate surface area is 130 Å². The second-order valence-corrected chi connectivity index (χ2v) is 5.43. The van der Waals surface area contributed by atoms with Gasteiger partial charge in [-0.2, -0.15) is 0 Å². The van der Waals surface area contributed by atoms with E-state index in [4.69, 9.17) is 11.6 Å². The number of halogens is 1. The first kappa shape index (κ1) is 15.5. The van der Waals surface area contributed by atoms with Gasteiger partial charge in [-0.25, -0.2) is 0 Å². The van der Waals surface area contributed by atoms with E-state index in [1.165, 1.54) is 0 Å². The van der Waals surface area contributed by atoms with Gasteiger partial charge in [0.25, 0.3) is 0 Å². The van der Waals surface area contributed by atoms with E-state index < -0.39 is 0 Å². The van der Waals surface area contributed by atoms with Crippen LogP contribution in [-0.4, -0.2) is 12.5 Å². The number of aryl methyl sites for hydroxylation is 1. The Morgan fingerprint density at radius 3 is 2.57 bits per heavy atom. The van der Waals surface area contributed by atoms with E-state index in [0.717, 1.165) is 11.1 Å². The Morgan fingerprint density at radius 1 is 1.19 bits per heavy atom. The number of anilines is 1. The predicted octanol–water partition coefficient (Wildman–Crippen LogP) is 3.94. The third-order valence-corrected chi connectivity index (χ3v) is 3.73. The van der Waals surface area contributed by atoms with Crippen LogP contribution in [0.4, 0.5) is 5.69 Å². The van der Waals surface area contributed by atoms with Crippen molar-refractivity contribution in [2.75, 3.05) is 11.9 Å². The van der Waals surface area contributed by atoms with Crippen LogP contribution in [0.25, 0.3) is 0 Å². The van der Waals surface area contributed by atoms with E-state index in [2.05, 4.69) is 10.6 Å². The molecule has 0 aromatic heterocycles. The van der Waals surface area contributed by atoms with Gasteiger partial charge in [-0.05, 0) is 37.1 Å². The summed E-state index contributed by atoms with van der Waals surface area (Å²) in [5, 5.41) is 6.68. The number of benzene rings is 2. The first-order valence-corrected chi connectivity index (χ1v) is 7.28. The van der Waals surface area contributed by atoms with Crippen LogP contribution in [0.15, 0.2) is 48.5 Å². The van der Waals surface area contributed by atoms with Crippen LogP contribution in [0, 0.1) is 6.92 Å². The molecule has 21 heavy (non-hydrogen) atoms. The van der Waals surface area contributed by atoms with E-state index in [1.807, 2.05) is 56.3 Å². The van der Waals surface area contributed by atoms with Crippen LogP contribution in [0.5, 0.6) is 0 Å². The standard InChI is InChI=1S/C17H19ClN2O/c1-12-8-9-15(10-16(12)18)20-17(21)11-19-13(2)14-6-4-3-5-7-14/h3-10,13,19H,11H2,1-2H3,(H,20,21)/t13-/m1/s1. The molecule has 110 valence electrons. The highest BCUT2D eigenvalue weighted by atomic mass is 35.5. The number of amides is 1. The molecule has 1 amide bonds. The number of carbonyl (C=O) groups is 1. The second kappa shape index (κ2) is 7.25. The van der Waals surface area contributed by atoms with Gasteiger partial charge in [0.1, 0.15) is 0 Å². The van der Waals surface area contributed by atoms with Crippen LogP contribution >= 0.6 is 11.6 Å². The maximum Gasteiger partial charge on any atom is 0.238 e. The summed E-state index contributed by atoms with van der Waals surface area (Å²) in [4.78, 5) is 11.9. The molecule has 3 nitrogen and oxygen atoms in total. The molecule has 0 unspecified atom stereocenters. The quantitative estimate of drug-likeness (QED) is 0.878. The zero-order valence-corrected chi connectivity index (χ0v) is 12.9. The Hall–Kier alpha value is -1.84. The van der Waals surface area contributed by atoms with Gasteiger partial charge in [0.15, 0.2) is 0 Å². The fraction of sp³-hybridized carbons (Fsp3) is 0.235. The van der Waals surface area contributed by atoms with Crippen LogP contribution < -0.4 is 10.6 Å². The van der Waals surface area contributed by atoms with Crippen molar-refractivity contribution < 1.29 is 4.79 Å². The Balaban J connectivity index is 1.86. The lowest BCUT2D eigenvalue weighted by Crippen LogP contribution is -2.30. The van der Waals surface area contributed by atoms with Gasteiger partial charge < -0.3 is 10.6 Å². The van der Waals surface area contributed by atoms with Crippen LogP contribution in [0.3, 0.4) is 0 Å². The molecule has 2 rings (SSSR count). The van der Waals surface area contributed by atoms with E-state index in [0.29, 0.717) is 10.7 Å². The van der Waals surface area contributed by atoms with Gasteiger partial charge in [-0.1, -0.05) is 48.0 Å². The molecule has 0 saturated carbocycles. The van der Waals surface area contributed by atoms with Gasteiger partial charge in [0.2, 0.25) is 5.91 Å². The van der Waals surface area contributed by atoms with Crippen LogP contribution in [-0.2, 0) is 4.79 Å². The van der Waals surface area contributed by atoms with Crippen molar-refractivity contribution in [2.24, 2.45) is 0 Å². The molecule has 0 fully saturated rings. The molecule has 0 saturated heterocycles. The number of hydrogen-bond acceptors (Lipinski definition) is 2. The van der Waals surface area contributed by atoms with E-state index in [-0.39, 0.29) is 18.5 Å². The fourth-order valence-corrected chi connectivity index (χ4v) is 2.16. The zero-order valence-electron chi connectivity index (χ0n) is 12.2. The van der Waals surface area contributed by atoms with E-state index >= 15 is 0 Å². The highest BCUT2D eigenvalue weighted by Gasteiger charge is 2.08. The smallest absolute Gasteiger partial charge is 0.238 e. The van der Waals surface area contributed by atoms with Crippen molar-refractivity contribution in [2.45, 2.75) is 19.9 Å². The highest BCUT2D eigenvalue weighted by Crippen LogP contribution is 2.19. The van der Waals surface area contributed by atoms with Crippen molar-refractivity contribution in [1.29, 1.82) is 0 Å². The molecule has 1 atom stereocenters.